The van der Waals surface area contributed by atoms with Crippen LogP contribution in [0, 0.1) is 13.8 Å². The molecule has 2 aromatic carbocycles. The number of hydrogen-bond donors (Lipinski definition) is 1. The Balaban J connectivity index is 2.20. The van der Waals surface area contributed by atoms with Gasteiger partial charge in [0.15, 0.2) is 0 Å². The van der Waals surface area contributed by atoms with E-state index in [9.17, 15) is 0 Å². The molecule has 0 saturated carbocycles. The molecule has 0 aromatic heterocycles. The van der Waals surface area contributed by atoms with E-state index in [0.717, 1.165) is 21.7 Å². The summed E-state index contributed by atoms with van der Waals surface area (Å²) in [5.74, 6) is 0. The van der Waals surface area contributed by atoms with E-state index >= 15 is 0 Å². The van der Waals surface area contributed by atoms with Crippen LogP contribution in [0.3, 0.4) is 0 Å². The summed E-state index contributed by atoms with van der Waals surface area (Å²) in [5.41, 5.74) is 4.41. The normalized spacial score (nSPS) is 11.3. The Hall–Kier alpha value is -1.57. The first-order valence-corrected chi connectivity index (χ1v) is 6.66. The molecule has 0 aliphatic carbocycles. The first-order valence-electron chi connectivity index (χ1n) is 5.81. The van der Waals surface area contributed by atoms with Crippen molar-refractivity contribution in [2.75, 3.05) is 5.32 Å². The summed E-state index contributed by atoms with van der Waals surface area (Å²) in [6, 6.07) is 16.2. The molecule has 0 bridgehead atoms. The molecule has 1 N–H and O–H groups in total. The second kappa shape index (κ2) is 5.85. The van der Waals surface area contributed by atoms with Crippen molar-refractivity contribution in [3.8, 4) is 0 Å². The molecule has 0 fully saturated rings. The number of benzene rings is 2. The maximum absolute atomic E-state index is 4.54. The van der Waals surface area contributed by atoms with Crippen LogP contribution in [0.4, 0.5) is 11.4 Å². The molecule has 0 aliphatic heterocycles. The van der Waals surface area contributed by atoms with E-state index in [1.807, 2.05) is 36.4 Å². The van der Waals surface area contributed by atoms with Crippen molar-refractivity contribution in [3.05, 3.63) is 59.7 Å². The minimum atomic E-state index is 0.776. The van der Waals surface area contributed by atoms with Gasteiger partial charge in [-0.25, -0.2) is 0 Å². The quantitative estimate of drug-likeness (QED) is 0.512. The third-order valence-corrected chi connectivity index (χ3v) is 3.13. The Kier molecular flexibility index (Phi) is 4.19. The number of hydrogen-bond acceptors (Lipinski definition) is 1. The van der Waals surface area contributed by atoms with E-state index in [1.165, 1.54) is 5.56 Å². The van der Waals surface area contributed by atoms with Crippen LogP contribution in [0.15, 0.2) is 53.5 Å². The summed E-state index contributed by atoms with van der Waals surface area (Å²) >= 11 is 2.97. The van der Waals surface area contributed by atoms with E-state index in [2.05, 4.69) is 52.3 Å². The molecule has 2 rings (SSSR count). The van der Waals surface area contributed by atoms with Crippen molar-refractivity contribution in [1.82, 2.24) is 0 Å². The summed E-state index contributed by atoms with van der Waals surface area (Å²) < 4.78 is 0.776. The Morgan fingerprint density at radius 1 is 0.944 bits per heavy atom. The number of aryl methyl sites for hydroxylation is 2. The number of amidine groups is 1. The SMILES string of the molecule is Cc1ccccc1N=C([Se])Nc1ccccc1C. The fourth-order valence-electron chi connectivity index (χ4n) is 1.65. The number of nitrogens with zero attached hydrogens (tertiary/aromatic N) is 1. The summed E-state index contributed by atoms with van der Waals surface area (Å²) in [5, 5.41) is 3.28. The molecule has 0 saturated heterocycles. The van der Waals surface area contributed by atoms with Crippen molar-refractivity contribution in [3.63, 3.8) is 0 Å². The van der Waals surface area contributed by atoms with Crippen LogP contribution in [0.1, 0.15) is 11.1 Å². The second-order valence-electron chi connectivity index (χ2n) is 4.14. The summed E-state index contributed by atoms with van der Waals surface area (Å²) in [4.78, 5) is 4.54. The van der Waals surface area contributed by atoms with Gasteiger partial charge in [-0.3, -0.25) is 0 Å². The molecule has 1 radical (unpaired) electrons. The fraction of sp³-hybridized carbons (Fsp3) is 0.133. The first-order chi connectivity index (χ1) is 8.66. The molecular weight excluding hydrogens is 287 g/mol. The molecule has 2 nitrogen and oxygen atoms in total. The molecule has 0 unspecified atom stereocenters. The third-order valence-electron chi connectivity index (χ3n) is 2.72. The van der Waals surface area contributed by atoms with E-state index < -0.39 is 0 Å². The predicted octanol–water partition coefficient (Wildman–Crippen LogP) is 3.57. The third kappa shape index (κ3) is 3.22. The molecule has 0 aliphatic rings. The van der Waals surface area contributed by atoms with Gasteiger partial charge in [0.05, 0.1) is 0 Å². The van der Waals surface area contributed by atoms with Gasteiger partial charge in [-0.2, -0.15) is 0 Å². The molecule has 91 valence electrons. The monoisotopic (exact) mass is 303 g/mol. The summed E-state index contributed by atoms with van der Waals surface area (Å²) in [6.07, 6.45) is 0. The van der Waals surface area contributed by atoms with Gasteiger partial charge in [0.2, 0.25) is 0 Å². The molecule has 3 heteroatoms. The van der Waals surface area contributed by atoms with Crippen LogP contribution in [-0.4, -0.2) is 20.7 Å². The van der Waals surface area contributed by atoms with Gasteiger partial charge in [0.1, 0.15) is 0 Å². The molecule has 0 heterocycles. The molecule has 18 heavy (non-hydrogen) atoms. The number of aliphatic imine (C=N–C) groups is 1. The second-order valence-corrected chi connectivity index (χ2v) is 4.95. The summed E-state index contributed by atoms with van der Waals surface area (Å²) in [7, 11) is 0. The van der Waals surface area contributed by atoms with Gasteiger partial charge >= 0.3 is 116 Å². The standard InChI is InChI=1S/C15H15N2Se/c1-11-7-3-5-9-13(11)16-15(18)17-14-10-6-4-8-12(14)2/h3-10H,1-2H3,(H,16,17). The topological polar surface area (TPSA) is 24.4 Å². The van der Waals surface area contributed by atoms with Crippen LogP contribution in [0.2, 0.25) is 0 Å². The van der Waals surface area contributed by atoms with E-state index in [-0.39, 0.29) is 0 Å². The van der Waals surface area contributed by atoms with Crippen LogP contribution in [-0.2, 0) is 0 Å². The zero-order valence-electron chi connectivity index (χ0n) is 10.5. The number of anilines is 1. The van der Waals surface area contributed by atoms with Crippen LogP contribution in [0.5, 0.6) is 0 Å². The number of rotatable bonds is 2. The Morgan fingerprint density at radius 3 is 2.22 bits per heavy atom. The zero-order valence-corrected chi connectivity index (χ0v) is 12.2. The Bertz CT molecular complexity index is 576. The van der Waals surface area contributed by atoms with Gasteiger partial charge in [-0.15, -0.1) is 0 Å². The average molecular weight is 302 g/mol. The first kappa shape index (κ1) is 12.9. The van der Waals surface area contributed by atoms with Gasteiger partial charge < -0.3 is 0 Å². The van der Waals surface area contributed by atoms with Gasteiger partial charge in [0.25, 0.3) is 0 Å². The molecule has 0 atom stereocenters. The van der Waals surface area contributed by atoms with Crippen molar-refractivity contribution in [2.45, 2.75) is 13.8 Å². The number of para-hydroxylation sites is 2. The molecule has 2 aromatic rings. The van der Waals surface area contributed by atoms with Crippen molar-refractivity contribution < 1.29 is 0 Å². The van der Waals surface area contributed by atoms with Crippen LogP contribution < -0.4 is 5.32 Å². The number of nitrogens with one attached hydrogen (secondary N) is 1. The minimum absolute atomic E-state index is 0.776. The van der Waals surface area contributed by atoms with Crippen molar-refractivity contribution >= 4 is 32.1 Å². The van der Waals surface area contributed by atoms with Crippen molar-refractivity contribution in [2.24, 2.45) is 4.99 Å². The van der Waals surface area contributed by atoms with E-state index in [4.69, 9.17) is 0 Å². The average Bonchev–Trinajstić information content (AvgIpc) is 2.35. The van der Waals surface area contributed by atoms with E-state index in [1.54, 1.807) is 0 Å². The maximum atomic E-state index is 4.54. The Labute approximate surface area is 116 Å². The Morgan fingerprint density at radius 2 is 1.56 bits per heavy atom. The van der Waals surface area contributed by atoms with Gasteiger partial charge in [-0.05, 0) is 0 Å². The van der Waals surface area contributed by atoms with Crippen LogP contribution >= 0.6 is 0 Å². The molecule has 0 amide bonds. The molecule has 0 spiro atoms. The van der Waals surface area contributed by atoms with Gasteiger partial charge in [-0.1, -0.05) is 0 Å². The zero-order chi connectivity index (χ0) is 13.0. The fourth-order valence-corrected chi connectivity index (χ4v) is 2.09. The molecular formula is C15H15N2Se. The van der Waals surface area contributed by atoms with Gasteiger partial charge in [0, 0.05) is 0 Å². The summed E-state index contributed by atoms with van der Waals surface area (Å²) in [6.45, 7) is 4.13. The van der Waals surface area contributed by atoms with Crippen LogP contribution in [0.25, 0.3) is 0 Å². The van der Waals surface area contributed by atoms with E-state index in [0.29, 0.717) is 0 Å². The predicted molar refractivity (Wildman–Crippen MR) is 78.8 cm³/mol. The van der Waals surface area contributed by atoms with Crippen molar-refractivity contribution in [1.29, 1.82) is 0 Å².